The van der Waals surface area contributed by atoms with Crippen molar-refractivity contribution in [3.63, 3.8) is 0 Å². The van der Waals surface area contributed by atoms with E-state index in [0.717, 1.165) is 0 Å². The molecule has 0 aliphatic carbocycles. The van der Waals surface area contributed by atoms with Gasteiger partial charge in [0.2, 0.25) is 0 Å². The molecule has 98 valence electrons. The van der Waals surface area contributed by atoms with Crippen LogP contribution in [0.2, 0.25) is 0 Å². The number of rotatable bonds is 2. The molecule has 1 aliphatic rings. The second-order valence-corrected chi connectivity index (χ2v) is 4.98. The first-order valence-corrected chi connectivity index (χ1v) is 6.27. The fraction of sp³-hybridized carbons (Fsp3) is 0.500. The van der Waals surface area contributed by atoms with Crippen LogP contribution in [0.1, 0.15) is 10.5 Å². The molecule has 1 aromatic rings. The molecule has 8 heteroatoms. The third-order valence-corrected chi connectivity index (χ3v) is 3.30. The van der Waals surface area contributed by atoms with Crippen molar-refractivity contribution in [1.82, 2.24) is 25.3 Å². The lowest BCUT2D eigenvalue weighted by molar-refractivity contribution is 0.0570. The van der Waals surface area contributed by atoms with Crippen LogP contribution in [0.25, 0.3) is 0 Å². The Morgan fingerprint density at radius 3 is 2.67 bits per heavy atom. The number of halogens is 1. The first kappa shape index (κ1) is 12.9. The second kappa shape index (κ2) is 4.97. The highest BCUT2D eigenvalue weighted by molar-refractivity contribution is 9.10. The van der Waals surface area contributed by atoms with Gasteiger partial charge in [-0.3, -0.25) is 9.48 Å². The van der Waals surface area contributed by atoms with E-state index in [-0.39, 0.29) is 18.0 Å². The van der Waals surface area contributed by atoms with Crippen molar-refractivity contribution in [2.24, 2.45) is 7.05 Å². The van der Waals surface area contributed by atoms with Gasteiger partial charge in [-0.15, -0.1) is 0 Å². The zero-order valence-electron chi connectivity index (χ0n) is 10.1. The van der Waals surface area contributed by atoms with Crippen molar-refractivity contribution in [3.8, 4) is 0 Å². The molecule has 0 unspecified atom stereocenters. The van der Waals surface area contributed by atoms with E-state index in [0.29, 0.717) is 23.3 Å². The van der Waals surface area contributed by atoms with E-state index in [4.69, 9.17) is 0 Å². The van der Waals surface area contributed by atoms with Crippen LogP contribution in [0.5, 0.6) is 0 Å². The quantitative estimate of drug-likeness (QED) is 0.802. The minimum atomic E-state index is -0.230. The molecule has 2 rings (SSSR count). The van der Waals surface area contributed by atoms with Gasteiger partial charge in [0.25, 0.3) is 5.91 Å². The summed E-state index contributed by atoms with van der Waals surface area (Å²) in [6, 6.07) is -0.220. The van der Waals surface area contributed by atoms with E-state index in [9.17, 15) is 9.59 Å². The second-order valence-electron chi connectivity index (χ2n) is 4.13. The molecule has 1 saturated heterocycles. The topological polar surface area (TPSA) is 79.3 Å². The van der Waals surface area contributed by atoms with E-state index in [1.807, 2.05) is 0 Å². The first-order chi connectivity index (χ1) is 8.51. The van der Waals surface area contributed by atoms with Crippen LogP contribution >= 0.6 is 15.9 Å². The SMILES string of the molecule is CNC(=O)NC1CN(C(=O)c2nn(C)cc2Br)C1. The van der Waals surface area contributed by atoms with Gasteiger partial charge in [-0.1, -0.05) is 0 Å². The number of aryl methyl sites for hydroxylation is 1. The maximum atomic E-state index is 12.1. The highest BCUT2D eigenvalue weighted by Crippen LogP contribution is 2.19. The van der Waals surface area contributed by atoms with Crippen molar-refractivity contribution in [1.29, 1.82) is 0 Å². The molecule has 0 aromatic carbocycles. The number of hydrogen-bond donors (Lipinski definition) is 2. The Labute approximate surface area is 113 Å². The Hall–Kier alpha value is -1.57. The normalized spacial score (nSPS) is 15.2. The van der Waals surface area contributed by atoms with Gasteiger partial charge in [0.05, 0.1) is 10.5 Å². The monoisotopic (exact) mass is 315 g/mol. The van der Waals surface area contributed by atoms with Crippen molar-refractivity contribution in [3.05, 3.63) is 16.4 Å². The summed E-state index contributed by atoms with van der Waals surface area (Å²) in [7, 11) is 3.31. The average molecular weight is 316 g/mol. The fourth-order valence-electron chi connectivity index (χ4n) is 1.75. The molecule has 2 heterocycles. The summed E-state index contributed by atoms with van der Waals surface area (Å²) < 4.78 is 2.26. The van der Waals surface area contributed by atoms with E-state index >= 15 is 0 Å². The van der Waals surface area contributed by atoms with Gasteiger partial charge in [0.1, 0.15) is 0 Å². The highest BCUT2D eigenvalue weighted by atomic mass is 79.9. The third kappa shape index (κ3) is 2.47. The highest BCUT2D eigenvalue weighted by Gasteiger charge is 2.33. The molecule has 0 atom stereocenters. The lowest BCUT2D eigenvalue weighted by Crippen LogP contribution is -2.62. The minimum Gasteiger partial charge on any atom is -0.341 e. The molecule has 7 nitrogen and oxygen atoms in total. The van der Waals surface area contributed by atoms with Crippen LogP contribution in [-0.4, -0.2) is 52.8 Å². The Morgan fingerprint density at radius 2 is 2.17 bits per heavy atom. The predicted molar refractivity (Wildman–Crippen MR) is 68.2 cm³/mol. The summed E-state index contributed by atoms with van der Waals surface area (Å²) in [6.07, 6.45) is 1.73. The lowest BCUT2D eigenvalue weighted by atomic mass is 10.1. The van der Waals surface area contributed by atoms with Crippen LogP contribution in [0.4, 0.5) is 4.79 Å². The number of urea groups is 1. The molecule has 2 N–H and O–H groups in total. The van der Waals surface area contributed by atoms with E-state index in [1.54, 1.807) is 29.9 Å². The van der Waals surface area contributed by atoms with Crippen molar-refractivity contribution in [2.75, 3.05) is 20.1 Å². The third-order valence-electron chi connectivity index (χ3n) is 2.72. The lowest BCUT2D eigenvalue weighted by Gasteiger charge is -2.39. The van der Waals surface area contributed by atoms with Crippen LogP contribution in [0, 0.1) is 0 Å². The van der Waals surface area contributed by atoms with E-state index in [2.05, 4.69) is 31.7 Å². The number of aromatic nitrogens is 2. The number of nitrogens with one attached hydrogen (secondary N) is 2. The zero-order chi connectivity index (χ0) is 13.3. The Kier molecular flexibility index (Phi) is 3.55. The van der Waals surface area contributed by atoms with Gasteiger partial charge in [0.15, 0.2) is 5.69 Å². The van der Waals surface area contributed by atoms with Gasteiger partial charge in [-0.2, -0.15) is 5.10 Å². The molecule has 0 spiro atoms. The summed E-state index contributed by atoms with van der Waals surface area (Å²) in [5, 5.41) is 9.31. The number of amides is 3. The van der Waals surface area contributed by atoms with Crippen LogP contribution < -0.4 is 10.6 Å². The van der Waals surface area contributed by atoms with Gasteiger partial charge >= 0.3 is 6.03 Å². The molecule has 1 aromatic heterocycles. The van der Waals surface area contributed by atoms with Crippen molar-refractivity contribution >= 4 is 27.9 Å². The van der Waals surface area contributed by atoms with Gasteiger partial charge in [-0.05, 0) is 15.9 Å². The summed E-state index contributed by atoms with van der Waals surface area (Å²) in [4.78, 5) is 24.8. The zero-order valence-corrected chi connectivity index (χ0v) is 11.7. The number of carbonyl (C=O) groups excluding carboxylic acids is 2. The molecular formula is C10H14BrN5O2. The van der Waals surface area contributed by atoms with Gasteiger partial charge in [0, 0.05) is 33.4 Å². The van der Waals surface area contributed by atoms with Gasteiger partial charge in [-0.25, -0.2) is 4.79 Å². The molecular weight excluding hydrogens is 302 g/mol. The number of carbonyl (C=O) groups is 2. The summed E-state index contributed by atoms with van der Waals surface area (Å²) in [5.41, 5.74) is 0.399. The first-order valence-electron chi connectivity index (χ1n) is 5.48. The van der Waals surface area contributed by atoms with E-state index in [1.165, 1.54) is 0 Å². The largest absolute Gasteiger partial charge is 0.341 e. The van der Waals surface area contributed by atoms with Crippen LogP contribution in [0.3, 0.4) is 0 Å². The van der Waals surface area contributed by atoms with E-state index < -0.39 is 0 Å². The maximum Gasteiger partial charge on any atom is 0.314 e. The standard InChI is InChI=1S/C10H14BrN5O2/c1-12-10(18)13-6-3-16(4-6)9(17)8-7(11)5-15(2)14-8/h5-6H,3-4H2,1-2H3,(H2,12,13,18). The number of nitrogens with zero attached hydrogens (tertiary/aromatic N) is 3. The van der Waals surface area contributed by atoms with Crippen LogP contribution in [-0.2, 0) is 7.05 Å². The van der Waals surface area contributed by atoms with Crippen molar-refractivity contribution in [2.45, 2.75) is 6.04 Å². The molecule has 1 aliphatic heterocycles. The summed E-state index contributed by atoms with van der Waals surface area (Å²) >= 11 is 3.30. The molecule has 0 bridgehead atoms. The summed E-state index contributed by atoms with van der Waals surface area (Å²) in [5.74, 6) is -0.127. The Morgan fingerprint density at radius 1 is 1.50 bits per heavy atom. The van der Waals surface area contributed by atoms with Gasteiger partial charge < -0.3 is 15.5 Å². The maximum absolute atomic E-state index is 12.1. The smallest absolute Gasteiger partial charge is 0.314 e. The number of likely N-dealkylation sites (tertiary alicyclic amines) is 1. The Balaban J connectivity index is 1.90. The molecule has 3 amide bonds. The molecule has 1 fully saturated rings. The molecule has 0 radical (unpaired) electrons. The number of hydrogen-bond acceptors (Lipinski definition) is 3. The summed E-state index contributed by atoms with van der Waals surface area (Å²) in [6.45, 7) is 1.02. The Bertz CT molecular complexity index is 481. The molecule has 18 heavy (non-hydrogen) atoms. The van der Waals surface area contributed by atoms with Crippen molar-refractivity contribution < 1.29 is 9.59 Å². The predicted octanol–water partition coefficient (Wildman–Crippen LogP) is -0.0640. The minimum absolute atomic E-state index is 0.0105. The fourth-order valence-corrected chi connectivity index (χ4v) is 2.29. The average Bonchev–Trinajstić information content (AvgIpc) is 2.61. The van der Waals surface area contributed by atoms with Crippen LogP contribution in [0.15, 0.2) is 10.7 Å². The molecule has 0 saturated carbocycles.